The van der Waals surface area contributed by atoms with Crippen molar-refractivity contribution in [2.24, 2.45) is 0 Å². The van der Waals surface area contributed by atoms with Crippen LogP contribution in [0.15, 0.2) is 30.6 Å². The molecule has 0 aliphatic carbocycles. The second-order valence-electron chi connectivity index (χ2n) is 6.35. The van der Waals surface area contributed by atoms with Gasteiger partial charge in [-0.15, -0.1) is 0 Å². The van der Waals surface area contributed by atoms with Crippen molar-refractivity contribution < 1.29 is 4.74 Å². The molecular weight excluding hydrogens is 338 g/mol. The number of ether oxygens (including phenoxy) is 1. The van der Waals surface area contributed by atoms with Crippen LogP contribution in [0.4, 0.5) is 5.82 Å². The van der Waals surface area contributed by atoms with Crippen LogP contribution in [0.25, 0.3) is 5.78 Å². The standard InChI is InChI=1S/C18H20ClN5O/c1-12-13(2)22-18-20-11-21-24(18)17(12)23-9-7-14(8-10-23)25-16-6-4-3-5-15(16)19/h3-6,11,14H,7-10H2,1-2H3. The maximum absolute atomic E-state index is 6.20. The first-order valence-corrected chi connectivity index (χ1v) is 8.84. The molecule has 0 bridgehead atoms. The highest BCUT2D eigenvalue weighted by atomic mass is 35.5. The van der Waals surface area contributed by atoms with Crippen molar-refractivity contribution in [2.75, 3.05) is 18.0 Å². The summed E-state index contributed by atoms with van der Waals surface area (Å²) in [7, 11) is 0. The number of aryl methyl sites for hydroxylation is 1. The van der Waals surface area contributed by atoms with Crippen molar-refractivity contribution in [1.82, 2.24) is 19.6 Å². The Hall–Kier alpha value is -2.34. The number of hydrogen-bond acceptors (Lipinski definition) is 5. The van der Waals surface area contributed by atoms with E-state index < -0.39 is 0 Å². The first-order chi connectivity index (χ1) is 12.1. The molecular formula is C18H20ClN5O. The van der Waals surface area contributed by atoms with E-state index in [9.17, 15) is 0 Å². The Balaban J connectivity index is 1.52. The van der Waals surface area contributed by atoms with Crippen LogP contribution in [0.5, 0.6) is 5.75 Å². The SMILES string of the molecule is Cc1nc2ncnn2c(N2CCC(Oc3ccccc3Cl)CC2)c1C. The fourth-order valence-electron chi connectivity index (χ4n) is 3.29. The number of fused-ring (bicyclic) bond motifs is 1. The van der Waals surface area contributed by atoms with Crippen LogP contribution in [0.3, 0.4) is 0 Å². The molecule has 3 aromatic rings. The van der Waals surface area contributed by atoms with Crippen LogP contribution in [0.1, 0.15) is 24.1 Å². The van der Waals surface area contributed by atoms with E-state index in [1.807, 2.05) is 35.7 Å². The Morgan fingerprint density at radius 2 is 1.92 bits per heavy atom. The molecule has 0 spiro atoms. The third-order valence-corrected chi connectivity index (χ3v) is 5.06. The summed E-state index contributed by atoms with van der Waals surface area (Å²) in [5.41, 5.74) is 2.13. The highest BCUT2D eigenvalue weighted by Gasteiger charge is 2.25. The lowest BCUT2D eigenvalue weighted by atomic mass is 10.1. The molecule has 0 radical (unpaired) electrons. The molecule has 7 heteroatoms. The largest absolute Gasteiger partial charge is 0.489 e. The molecule has 1 saturated heterocycles. The summed E-state index contributed by atoms with van der Waals surface area (Å²) in [6.45, 7) is 5.90. The molecule has 1 fully saturated rings. The van der Waals surface area contributed by atoms with Gasteiger partial charge in [-0.3, -0.25) is 0 Å². The van der Waals surface area contributed by atoms with Gasteiger partial charge < -0.3 is 9.64 Å². The number of hydrogen-bond donors (Lipinski definition) is 0. The maximum atomic E-state index is 6.20. The van der Waals surface area contributed by atoms with Gasteiger partial charge in [-0.1, -0.05) is 23.7 Å². The summed E-state index contributed by atoms with van der Waals surface area (Å²) < 4.78 is 7.92. The lowest BCUT2D eigenvalue weighted by Crippen LogP contribution is -2.39. The van der Waals surface area contributed by atoms with Crippen LogP contribution < -0.4 is 9.64 Å². The molecule has 0 N–H and O–H groups in total. The van der Waals surface area contributed by atoms with Crippen molar-refractivity contribution in [1.29, 1.82) is 0 Å². The van der Waals surface area contributed by atoms with Crippen molar-refractivity contribution in [2.45, 2.75) is 32.8 Å². The zero-order chi connectivity index (χ0) is 17.4. The van der Waals surface area contributed by atoms with E-state index in [4.69, 9.17) is 16.3 Å². The lowest BCUT2D eigenvalue weighted by molar-refractivity contribution is 0.170. The minimum Gasteiger partial charge on any atom is -0.489 e. The van der Waals surface area contributed by atoms with Crippen LogP contribution in [0, 0.1) is 13.8 Å². The molecule has 3 heterocycles. The van der Waals surface area contributed by atoms with E-state index in [-0.39, 0.29) is 6.10 Å². The zero-order valence-electron chi connectivity index (χ0n) is 14.3. The number of halogens is 1. The fourth-order valence-corrected chi connectivity index (χ4v) is 3.47. The van der Waals surface area contributed by atoms with Gasteiger partial charge in [-0.05, 0) is 26.0 Å². The molecule has 130 valence electrons. The Morgan fingerprint density at radius 3 is 2.68 bits per heavy atom. The Kier molecular flexibility index (Phi) is 4.21. The Labute approximate surface area is 151 Å². The van der Waals surface area contributed by atoms with E-state index in [1.165, 1.54) is 0 Å². The zero-order valence-corrected chi connectivity index (χ0v) is 15.1. The van der Waals surface area contributed by atoms with Gasteiger partial charge >= 0.3 is 0 Å². The molecule has 0 unspecified atom stereocenters. The quantitative estimate of drug-likeness (QED) is 0.718. The molecule has 0 atom stereocenters. The summed E-state index contributed by atoms with van der Waals surface area (Å²) in [6.07, 6.45) is 3.59. The number of anilines is 1. The first-order valence-electron chi connectivity index (χ1n) is 8.46. The summed E-state index contributed by atoms with van der Waals surface area (Å²) >= 11 is 6.20. The Morgan fingerprint density at radius 1 is 1.16 bits per heavy atom. The first kappa shape index (κ1) is 16.1. The van der Waals surface area contributed by atoms with E-state index in [1.54, 1.807) is 6.33 Å². The summed E-state index contributed by atoms with van der Waals surface area (Å²) in [6, 6.07) is 7.64. The monoisotopic (exact) mass is 357 g/mol. The van der Waals surface area contributed by atoms with Gasteiger partial charge in [0.1, 0.15) is 24.0 Å². The number of para-hydroxylation sites is 1. The minimum atomic E-state index is 0.172. The summed E-state index contributed by atoms with van der Waals surface area (Å²) in [5.74, 6) is 2.49. The predicted molar refractivity (Wildman–Crippen MR) is 97.6 cm³/mol. The number of rotatable bonds is 3. The third kappa shape index (κ3) is 3.02. The highest BCUT2D eigenvalue weighted by molar-refractivity contribution is 6.32. The second-order valence-corrected chi connectivity index (χ2v) is 6.76. The molecule has 2 aromatic heterocycles. The predicted octanol–water partition coefficient (Wildman–Crippen LogP) is 3.44. The van der Waals surface area contributed by atoms with Crippen LogP contribution >= 0.6 is 11.6 Å². The van der Waals surface area contributed by atoms with E-state index in [2.05, 4.69) is 26.9 Å². The van der Waals surface area contributed by atoms with Crippen molar-refractivity contribution >= 4 is 23.2 Å². The summed E-state index contributed by atoms with van der Waals surface area (Å²) in [4.78, 5) is 11.1. The molecule has 25 heavy (non-hydrogen) atoms. The van der Waals surface area contributed by atoms with Gasteiger partial charge in [-0.25, -0.2) is 4.98 Å². The fraction of sp³-hybridized carbons (Fsp3) is 0.389. The number of nitrogens with zero attached hydrogens (tertiary/aromatic N) is 5. The number of benzene rings is 1. The average molecular weight is 358 g/mol. The number of piperidine rings is 1. The van der Waals surface area contributed by atoms with Crippen LogP contribution in [-0.4, -0.2) is 38.8 Å². The van der Waals surface area contributed by atoms with Gasteiger partial charge in [0.25, 0.3) is 5.78 Å². The summed E-state index contributed by atoms with van der Waals surface area (Å²) in [5, 5.41) is 5.01. The van der Waals surface area contributed by atoms with Crippen molar-refractivity contribution in [3.05, 3.63) is 46.9 Å². The minimum absolute atomic E-state index is 0.172. The topological polar surface area (TPSA) is 55.5 Å². The third-order valence-electron chi connectivity index (χ3n) is 4.75. The molecule has 6 nitrogen and oxygen atoms in total. The van der Waals surface area contributed by atoms with Crippen LogP contribution in [-0.2, 0) is 0 Å². The average Bonchev–Trinajstić information content (AvgIpc) is 3.07. The molecule has 0 amide bonds. The van der Waals surface area contributed by atoms with E-state index >= 15 is 0 Å². The van der Waals surface area contributed by atoms with E-state index in [0.717, 1.165) is 48.8 Å². The molecule has 1 aliphatic rings. The molecule has 0 saturated carbocycles. The lowest BCUT2D eigenvalue weighted by Gasteiger charge is -2.34. The van der Waals surface area contributed by atoms with Crippen molar-refractivity contribution in [3.8, 4) is 5.75 Å². The smallest absolute Gasteiger partial charge is 0.254 e. The van der Waals surface area contributed by atoms with Gasteiger partial charge in [0, 0.05) is 37.2 Å². The molecule has 1 aliphatic heterocycles. The van der Waals surface area contributed by atoms with Gasteiger partial charge in [0.15, 0.2) is 0 Å². The second kappa shape index (κ2) is 6.52. The normalized spacial score (nSPS) is 15.7. The van der Waals surface area contributed by atoms with Crippen molar-refractivity contribution in [3.63, 3.8) is 0 Å². The van der Waals surface area contributed by atoms with Crippen LogP contribution in [0.2, 0.25) is 5.02 Å². The van der Waals surface area contributed by atoms with Gasteiger partial charge in [0.05, 0.1) is 5.02 Å². The van der Waals surface area contributed by atoms with E-state index in [0.29, 0.717) is 10.8 Å². The Bertz CT molecular complexity index is 902. The molecule has 1 aromatic carbocycles. The maximum Gasteiger partial charge on any atom is 0.254 e. The molecule has 4 rings (SSSR count). The number of aromatic nitrogens is 4. The van der Waals surface area contributed by atoms with Gasteiger partial charge in [-0.2, -0.15) is 14.6 Å². The van der Waals surface area contributed by atoms with Gasteiger partial charge in [0.2, 0.25) is 0 Å². The highest BCUT2D eigenvalue weighted by Crippen LogP contribution is 2.29.